The first-order chi connectivity index (χ1) is 11.6. The van der Waals surface area contributed by atoms with E-state index in [0.29, 0.717) is 17.1 Å². The van der Waals surface area contributed by atoms with Gasteiger partial charge in [0.2, 0.25) is 0 Å². The SMILES string of the molecule is Cc1oc2cc(Oc3ccnn4cc(C=O)c(C)c34)ccc2c1C. The molecule has 0 spiro atoms. The zero-order chi connectivity index (χ0) is 16.8. The Morgan fingerprint density at radius 2 is 2.00 bits per heavy atom. The first kappa shape index (κ1) is 14.5. The number of aryl methyl sites for hydroxylation is 3. The van der Waals surface area contributed by atoms with Crippen LogP contribution in [0, 0.1) is 20.8 Å². The first-order valence-corrected chi connectivity index (χ1v) is 7.68. The zero-order valence-electron chi connectivity index (χ0n) is 13.7. The molecule has 1 aromatic carbocycles. The minimum atomic E-state index is 0.603. The van der Waals surface area contributed by atoms with Crippen molar-refractivity contribution in [3.05, 3.63) is 59.1 Å². The van der Waals surface area contributed by atoms with Gasteiger partial charge in [0.1, 0.15) is 22.6 Å². The number of ether oxygens (including phenoxy) is 1. The van der Waals surface area contributed by atoms with E-state index in [1.807, 2.05) is 39.0 Å². The topological polar surface area (TPSA) is 56.7 Å². The molecule has 3 heterocycles. The second-order valence-electron chi connectivity index (χ2n) is 5.86. The van der Waals surface area contributed by atoms with Crippen molar-refractivity contribution < 1.29 is 13.9 Å². The molecule has 0 unspecified atom stereocenters. The molecule has 5 heteroatoms. The molecule has 0 atom stereocenters. The molecule has 0 fully saturated rings. The van der Waals surface area contributed by atoms with Crippen molar-refractivity contribution in [1.29, 1.82) is 0 Å². The minimum Gasteiger partial charge on any atom is -0.461 e. The van der Waals surface area contributed by atoms with Crippen molar-refractivity contribution >= 4 is 22.8 Å². The van der Waals surface area contributed by atoms with E-state index >= 15 is 0 Å². The van der Waals surface area contributed by atoms with E-state index < -0.39 is 0 Å². The van der Waals surface area contributed by atoms with E-state index in [1.165, 1.54) is 0 Å². The Bertz CT molecular complexity index is 1090. The summed E-state index contributed by atoms with van der Waals surface area (Å²) in [6, 6.07) is 7.59. The molecule has 0 saturated carbocycles. The van der Waals surface area contributed by atoms with E-state index in [1.54, 1.807) is 23.0 Å². The zero-order valence-corrected chi connectivity index (χ0v) is 13.7. The summed E-state index contributed by atoms with van der Waals surface area (Å²) in [5.41, 5.74) is 4.17. The lowest BCUT2D eigenvalue weighted by molar-refractivity contribution is 0.112. The highest BCUT2D eigenvalue weighted by molar-refractivity contribution is 5.85. The summed E-state index contributed by atoms with van der Waals surface area (Å²) in [4.78, 5) is 11.2. The molecular formula is C19H16N2O3. The lowest BCUT2D eigenvalue weighted by Gasteiger charge is -2.08. The van der Waals surface area contributed by atoms with Gasteiger partial charge in [0.15, 0.2) is 12.0 Å². The summed E-state index contributed by atoms with van der Waals surface area (Å²) >= 11 is 0. The van der Waals surface area contributed by atoms with Gasteiger partial charge in [-0.15, -0.1) is 0 Å². The molecule has 0 aliphatic heterocycles. The summed E-state index contributed by atoms with van der Waals surface area (Å²) in [6.07, 6.45) is 4.18. The van der Waals surface area contributed by atoms with Gasteiger partial charge in [0, 0.05) is 29.3 Å². The van der Waals surface area contributed by atoms with Crippen LogP contribution in [0.2, 0.25) is 0 Å². The highest BCUT2D eigenvalue weighted by Crippen LogP contribution is 2.33. The Balaban J connectivity index is 1.82. The maximum absolute atomic E-state index is 11.2. The van der Waals surface area contributed by atoms with Crippen molar-refractivity contribution in [3.8, 4) is 11.5 Å². The molecule has 0 aliphatic rings. The molecule has 0 radical (unpaired) electrons. The lowest BCUT2D eigenvalue weighted by atomic mass is 10.1. The molecule has 0 bridgehead atoms. The van der Waals surface area contributed by atoms with Gasteiger partial charge in [-0.2, -0.15) is 5.10 Å². The predicted molar refractivity (Wildman–Crippen MR) is 91.1 cm³/mol. The van der Waals surface area contributed by atoms with Gasteiger partial charge in [0.05, 0.1) is 6.20 Å². The standard InChI is InChI=1S/C19H16N2O3/c1-11-13(3)23-18-8-15(4-5-16(11)18)24-17-6-7-20-21-9-14(10-22)12(2)19(17)21/h4-10H,1-3H3. The molecule has 24 heavy (non-hydrogen) atoms. The van der Waals surface area contributed by atoms with Crippen LogP contribution in [0.15, 0.2) is 41.1 Å². The van der Waals surface area contributed by atoms with Gasteiger partial charge < -0.3 is 9.15 Å². The highest BCUT2D eigenvalue weighted by atomic mass is 16.5. The largest absolute Gasteiger partial charge is 0.461 e. The molecule has 3 aromatic heterocycles. The maximum atomic E-state index is 11.2. The Hall–Kier alpha value is -3.08. The lowest BCUT2D eigenvalue weighted by Crippen LogP contribution is -1.93. The van der Waals surface area contributed by atoms with Crippen LogP contribution < -0.4 is 4.74 Å². The predicted octanol–water partition coefficient (Wildman–Crippen LogP) is 4.61. The molecule has 4 aromatic rings. The Morgan fingerprint density at radius 3 is 2.79 bits per heavy atom. The molecule has 5 nitrogen and oxygen atoms in total. The molecule has 0 saturated heterocycles. The highest BCUT2D eigenvalue weighted by Gasteiger charge is 2.14. The fourth-order valence-corrected chi connectivity index (χ4v) is 2.96. The number of hydrogen-bond acceptors (Lipinski definition) is 4. The molecule has 120 valence electrons. The van der Waals surface area contributed by atoms with E-state index in [4.69, 9.17) is 9.15 Å². The number of fused-ring (bicyclic) bond motifs is 2. The van der Waals surface area contributed by atoms with Crippen molar-refractivity contribution in [1.82, 2.24) is 9.61 Å². The van der Waals surface area contributed by atoms with Gasteiger partial charge in [-0.1, -0.05) is 0 Å². The molecular weight excluding hydrogens is 304 g/mol. The van der Waals surface area contributed by atoms with Gasteiger partial charge in [-0.3, -0.25) is 4.79 Å². The van der Waals surface area contributed by atoms with Crippen LogP contribution in [0.4, 0.5) is 0 Å². The van der Waals surface area contributed by atoms with Crippen LogP contribution in [0.5, 0.6) is 11.5 Å². The van der Waals surface area contributed by atoms with Crippen molar-refractivity contribution in [2.24, 2.45) is 0 Å². The van der Waals surface area contributed by atoms with E-state index in [-0.39, 0.29) is 0 Å². The number of aldehydes is 1. The monoisotopic (exact) mass is 320 g/mol. The van der Waals surface area contributed by atoms with Crippen LogP contribution in [-0.4, -0.2) is 15.9 Å². The second kappa shape index (κ2) is 5.23. The van der Waals surface area contributed by atoms with E-state index in [2.05, 4.69) is 5.10 Å². The number of aromatic nitrogens is 2. The summed E-state index contributed by atoms with van der Waals surface area (Å²) in [7, 11) is 0. The second-order valence-corrected chi connectivity index (χ2v) is 5.86. The molecule has 0 amide bonds. The third-order valence-electron chi connectivity index (χ3n) is 4.43. The fourth-order valence-electron chi connectivity index (χ4n) is 2.96. The number of carbonyl (C=O) groups excluding carboxylic acids is 1. The van der Waals surface area contributed by atoms with Gasteiger partial charge in [0.25, 0.3) is 0 Å². The number of hydrogen-bond donors (Lipinski definition) is 0. The van der Waals surface area contributed by atoms with Crippen molar-refractivity contribution in [2.45, 2.75) is 20.8 Å². The third-order valence-corrected chi connectivity index (χ3v) is 4.43. The Labute approximate surface area is 138 Å². The van der Waals surface area contributed by atoms with Crippen LogP contribution in [0.3, 0.4) is 0 Å². The summed E-state index contributed by atoms with van der Waals surface area (Å²) in [6.45, 7) is 5.88. The third kappa shape index (κ3) is 2.09. The van der Waals surface area contributed by atoms with Crippen LogP contribution >= 0.6 is 0 Å². The number of furan rings is 1. The normalized spacial score (nSPS) is 11.3. The first-order valence-electron chi connectivity index (χ1n) is 7.68. The maximum Gasteiger partial charge on any atom is 0.154 e. The van der Waals surface area contributed by atoms with E-state index in [9.17, 15) is 4.79 Å². The Morgan fingerprint density at radius 1 is 1.17 bits per heavy atom. The van der Waals surface area contributed by atoms with Crippen molar-refractivity contribution in [2.75, 3.05) is 0 Å². The number of benzene rings is 1. The molecule has 0 N–H and O–H groups in total. The smallest absolute Gasteiger partial charge is 0.154 e. The quantitative estimate of drug-likeness (QED) is 0.517. The molecule has 4 rings (SSSR count). The summed E-state index contributed by atoms with van der Waals surface area (Å²) in [5.74, 6) is 2.24. The minimum absolute atomic E-state index is 0.603. The van der Waals surface area contributed by atoms with Gasteiger partial charge >= 0.3 is 0 Å². The summed E-state index contributed by atoms with van der Waals surface area (Å²) in [5, 5.41) is 5.32. The molecule has 0 aliphatic carbocycles. The van der Waals surface area contributed by atoms with Crippen molar-refractivity contribution in [3.63, 3.8) is 0 Å². The van der Waals surface area contributed by atoms with Crippen LogP contribution in [0.1, 0.15) is 27.2 Å². The average Bonchev–Trinajstić information content (AvgIpc) is 3.05. The van der Waals surface area contributed by atoms with Gasteiger partial charge in [-0.05, 0) is 44.0 Å². The average molecular weight is 320 g/mol. The van der Waals surface area contributed by atoms with Crippen LogP contribution in [-0.2, 0) is 0 Å². The number of rotatable bonds is 3. The summed E-state index contributed by atoms with van der Waals surface area (Å²) < 4.78 is 13.5. The van der Waals surface area contributed by atoms with Gasteiger partial charge in [-0.25, -0.2) is 4.52 Å². The van der Waals surface area contributed by atoms with E-state index in [0.717, 1.165) is 39.7 Å². The van der Waals surface area contributed by atoms with Crippen LogP contribution in [0.25, 0.3) is 16.5 Å². The number of carbonyl (C=O) groups is 1. The Kier molecular flexibility index (Phi) is 3.16. The fraction of sp³-hybridized carbons (Fsp3) is 0.158. The number of nitrogens with zero attached hydrogens (tertiary/aromatic N) is 2.